The van der Waals surface area contributed by atoms with Crippen molar-refractivity contribution >= 4 is 51.6 Å². The maximum absolute atomic E-state index is 12.7. The molecule has 14 nitrogen and oxygen atoms in total. The van der Waals surface area contributed by atoms with E-state index in [0.29, 0.717) is 56.1 Å². The fourth-order valence-electron chi connectivity index (χ4n) is 7.94. The normalized spacial score (nSPS) is 16.0. The van der Waals surface area contributed by atoms with Crippen LogP contribution >= 0.6 is 22.7 Å². The van der Waals surface area contributed by atoms with Crippen LogP contribution in [0.4, 0.5) is 0 Å². The summed E-state index contributed by atoms with van der Waals surface area (Å²) in [5.41, 5.74) is 8.41. The minimum absolute atomic E-state index is 0.0814. The number of rotatable bonds is 20. The lowest BCUT2D eigenvalue weighted by molar-refractivity contribution is -0.148. The summed E-state index contributed by atoms with van der Waals surface area (Å²) in [6.45, 7) is 5.51. The maximum atomic E-state index is 12.7. The molecule has 0 saturated carbocycles. The van der Waals surface area contributed by atoms with E-state index in [1.807, 2.05) is 58.2 Å². The number of aliphatic hydroxyl groups excluding tert-OH is 1. The number of hydrogen-bond donors (Lipinski definition) is 1. The van der Waals surface area contributed by atoms with Crippen molar-refractivity contribution in [2.45, 2.75) is 83.7 Å². The van der Waals surface area contributed by atoms with Gasteiger partial charge in [-0.25, -0.2) is 0 Å². The zero-order valence-corrected chi connectivity index (χ0v) is 36.3. The Hall–Kier alpha value is -5.55. The number of fused-ring (bicyclic) bond motifs is 4. The van der Waals surface area contributed by atoms with Crippen LogP contribution in [0.3, 0.4) is 0 Å². The maximum Gasteiger partial charge on any atom is 0.305 e. The predicted octanol–water partition coefficient (Wildman–Crippen LogP) is 7.67. The molecule has 0 aliphatic carbocycles. The molecule has 3 unspecified atom stereocenters. The molecule has 8 rings (SSSR count). The molecule has 0 spiro atoms. The van der Waals surface area contributed by atoms with Gasteiger partial charge in [-0.1, -0.05) is 12.1 Å². The molecule has 0 radical (unpaired) electrons. The van der Waals surface area contributed by atoms with Crippen LogP contribution in [0.1, 0.15) is 60.8 Å². The largest absolute Gasteiger partial charge is 0.485 e. The number of esters is 3. The van der Waals surface area contributed by atoms with E-state index >= 15 is 0 Å². The van der Waals surface area contributed by atoms with Crippen molar-refractivity contribution in [1.82, 2.24) is 8.80 Å². The highest BCUT2D eigenvalue weighted by atomic mass is 32.1. The SMILES string of the molecule is Cc1c(CCOC(=O)CCCC(=O)OCC2COc3cscc3O2)c2ccccn2c1-c1c(C)c(CCOC(=O)CCCC(O)OCC2COc3cscc3O2)c2ccccn12. The van der Waals surface area contributed by atoms with Crippen LogP contribution in [-0.2, 0) is 46.2 Å². The van der Waals surface area contributed by atoms with Gasteiger partial charge in [-0.2, -0.15) is 0 Å². The Morgan fingerprint density at radius 2 is 1.16 bits per heavy atom. The Labute approximate surface area is 366 Å². The number of carbonyl (C=O) groups is 3. The highest BCUT2D eigenvalue weighted by Crippen LogP contribution is 2.39. The molecule has 1 N–H and O–H groups in total. The smallest absolute Gasteiger partial charge is 0.305 e. The van der Waals surface area contributed by atoms with Crippen molar-refractivity contribution in [2.24, 2.45) is 0 Å². The zero-order valence-electron chi connectivity index (χ0n) is 34.7. The molecule has 0 bridgehead atoms. The summed E-state index contributed by atoms with van der Waals surface area (Å²) < 4.78 is 49.5. The molecule has 2 aliphatic heterocycles. The summed E-state index contributed by atoms with van der Waals surface area (Å²) in [5, 5.41) is 17.8. The number of ether oxygens (including phenoxy) is 8. The molecule has 62 heavy (non-hydrogen) atoms. The van der Waals surface area contributed by atoms with Gasteiger partial charge < -0.3 is 51.8 Å². The lowest BCUT2D eigenvalue weighted by atomic mass is 10.0. The van der Waals surface area contributed by atoms with Crippen LogP contribution in [0.5, 0.6) is 23.0 Å². The number of nitrogens with zero attached hydrogens (tertiary/aromatic N) is 2. The third-order valence-electron chi connectivity index (χ3n) is 11.0. The highest BCUT2D eigenvalue weighted by molar-refractivity contribution is 7.08. The van der Waals surface area contributed by atoms with Crippen LogP contribution in [-0.4, -0.2) is 90.0 Å². The minimum Gasteiger partial charge on any atom is -0.485 e. The number of aliphatic hydroxyl groups is 1. The van der Waals surface area contributed by atoms with Gasteiger partial charge in [0.15, 0.2) is 41.5 Å². The van der Waals surface area contributed by atoms with Gasteiger partial charge in [0.2, 0.25) is 0 Å². The quantitative estimate of drug-likeness (QED) is 0.0455. The second kappa shape index (κ2) is 20.1. The summed E-state index contributed by atoms with van der Waals surface area (Å²) in [6.07, 6.45) is 4.81. The predicted molar refractivity (Wildman–Crippen MR) is 232 cm³/mol. The topological polar surface area (TPSA) is 154 Å². The number of pyridine rings is 2. The second-order valence-corrected chi connectivity index (χ2v) is 16.8. The molecular weight excluding hydrogens is 837 g/mol. The first-order valence-electron chi connectivity index (χ1n) is 20.9. The van der Waals surface area contributed by atoms with E-state index in [1.54, 1.807) is 0 Å². The minimum atomic E-state index is -1.02. The Kier molecular flexibility index (Phi) is 14.0. The van der Waals surface area contributed by atoms with Gasteiger partial charge in [-0.05, 0) is 79.6 Å². The van der Waals surface area contributed by atoms with Crippen molar-refractivity contribution in [3.63, 3.8) is 0 Å². The average Bonchev–Trinajstić information content (AvgIpc) is 4.06. The van der Waals surface area contributed by atoms with E-state index in [4.69, 9.17) is 37.9 Å². The highest BCUT2D eigenvalue weighted by Gasteiger charge is 2.26. The number of thiophene rings is 2. The van der Waals surface area contributed by atoms with Gasteiger partial charge >= 0.3 is 17.9 Å². The Morgan fingerprint density at radius 3 is 1.71 bits per heavy atom. The third-order valence-corrected chi connectivity index (χ3v) is 12.4. The Morgan fingerprint density at radius 1 is 0.677 bits per heavy atom. The summed E-state index contributed by atoms with van der Waals surface area (Å²) in [4.78, 5) is 37.8. The summed E-state index contributed by atoms with van der Waals surface area (Å²) in [7, 11) is 0. The van der Waals surface area contributed by atoms with Crippen molar-refractivity contribution in [3.05, 3.63) is 92.6 Å². The fraction of sp³-hybridized carbons (Fsp3) is 0.413. The first-order chi connectivity index (χ1) is 30.2. The Bertz CT molecular complexity index is 2500. The Balaban J connectivity index is 0.813. The van der Waals surface area contributed by atoms with E-state index in [1.165, 1.54) is 22.7 Å². The molecular formula is C46H50N2O12S2. The van der Waals surface area contributed by atoms with Gasteiger partial charge in [0, 0.05) is 77.1 Å². The van der Waals surface area contributed by atoms with Crippen LogP contribution < -0.4 is 18.9 Å². The van der Waals surface area contributed by atoms with Crippen molar-refractivity contribution in [3.8, 4) is 34.4 Å². The monoisotopic (exact) mass is 886 g/mol. The van der Waals surface area contributed by atoms with E-state index in [0.717, 1.165) is 50.4 Å². The lowest BCUT2D eigenvalue weighted by Crippen LogP contribution is -2.34. The van der Waals surface area contributed by atoms with E-state index in [2.05, 4.69) is 34.8 Å². The van der Waals surface area contributed by atoms with Crippen LogP contribution in [0.15, 0.2) is 70.3 Å². The summed E-state index contributed by atoms with van der Waals surface area (Å²) in [5.74, 6) is 1.67. The number of hydrogen-bond acceptors (Lipinski definition) is 14. The summed E-state index contributed by atoms with van der Waals surface area (Å²) >= 11 is 2.98. The number of aromatic nitrogens is 2. The molecule has 6 aromatic heterocycles. The summed E-state index contributed by atoms with van der Waals surface area (Å²) in [6, 6.07) is 12.1. The fourth-order valence-corrected chi connectivity index (χ4v) is 9.28. The van der Waals surface area contributed by atoms with Crippen LogP contribution in [0, 0.1) is 13.8 Å². The van der Waals surface area contributed by atoms with Crippen molar-refractivity contribution < 1.29 is 57.4 Å². The molecule has 0 fully saturated rings. The van der Waals surface area contributed by atoms with Gasteiger partial charge in [0.1, 0.15) is 19.8 Å². The van der Waals surface area contributed by atoms with Gasteiger partial charge in [-0.15, -0.1) is 22.7 Å². The molecule has 16 heteroatoms. The molecule has 8 heterocycles. The number of carbonyl (C=O) groups excluding carboxylic acids is 3. The van der Waals surface area contributed by atoms with E-state index in [9.17, 15) is 19.5 Å². The second-order valence-electron chi connectivity index (χ2n) is 15.3. The molecule has 6 aromatic rings. The third kappa shape index (κ3) is 10.0. The van der Waals surface area contributed by atoms with Crippen LogP contribution in [0.25, 0.3) is 22.4 Å². The zero-order chi connectivity index (χ0) is 43.0. The molecule has 328 valence electrons. The average molecular weight is 887 g/mol. The molecule has 2 aliphatic rings. The standard InChI is InChI=1S/C46H50N2O12S2/c1-29-33(15-19-53-41(49)11-7-13-43(51)57-23-31-21-55-37-25-61-27-39(37)59-31)35-9-3-5-17-47(35)45(29)46-30(2)34(36-10-4-6-18-48(36)46)16-20-54-42(50)12-8-14-44(52)58-24-32-22-56-38-26-62-28-40(38)60-32/h3-6,9-10,17-18,25-28,31-32,43,51H,7-8,11-16,19-24H2,1-2H3. The lowest BCUT2D eigenvalue weighted by Gasteiger charge is -2.25. The van der Waals surface area contributed by atoms with E-state index < -0.39 is 12.3 Å². The first-order valence-corrected chi connectivity index (χ1v) is 22.8. The molecule has 0 amide bonds. The molecule has 0 saturated heterocycles. The molecule has 3 atom stereocenters. The van der Waals surface area contributed by atoms with Crippen molar-refractivity contribution in [1.29, 1.82) is 0 Å². The molecule has 0 aromatic carbocycles. The van der Waals surface area contributed by atoms with Gasteiger partial charge in [-0.3, -0.25) is 14.4 Å². The van der Waals surface area contributed by atoms with Gasteiger partial charge in [0.05, 0.1) is 31.2 Å². The first kappa shape index (κ1) is 43.1. The van der Waals surface area contributed by atoms with E-state index in [-0.39, 0.29) is 76.3 Å². The van der Waals surface area contributed by atoms with Gasteiger partial charge in [0.25, 0.3) is 0 Å². The van der Waals surface area contributed by atoms with Crippen LogP contribution in [0.2, 0.25) is 0 Å². The van der Waals surface area contributed by atoms with Crippen molar-refractivity contribution in [2.75, 3.05) is 39.6 Å².